The van der Waals surface area contributed by atoms with Gasteiger partial charge < -0.3 is 5.32 Å². The summed E-state index contributed by atoms with van der Waals surface area (Å²) in [5.41, 5.74) is 0.261. The third kappa shape index (κ3) is 3.88. The summed E-state index contributed by atoms with van der Waals surface area (Å²) < 4.78 is 0.814. The predicted molar refractivity (Wildman–Crippen MR) is 95.9 cm³/mol. The van der Waals surface area contributed by atoms with Crippen LogP contribution >= 0.6 is 15.9 Å². The van der Waals surface area contributed by atoms with Crippen LogP contribution in [0.3, 0.4) is 0 Å². The number of nitro benzene ring substituents is 2. The molecule has 0 bridgehead atoms. The molecule has 24 heavy (non-hydrogen) atoms. The molecule has 0 radical (unpaired) electrons. The molecule has 2 aromatic rings. The van der Waals surface area contributed by atoms with Crippen molar-refractivity contribution in [2.45, 2.75) is 26.2 Å². The Morgan fingerprint density at radius 3 is 2.21 bits per heavy atom. The fourth-order valence-electron chi connectivity index (χ4n) is 2.29. The maximum Gasteiger partial charge on any atom is 0.299 e. The van der Waals surface area contributed by atoms with Gasteiger partial charge in [-0.2, -0.15) is 0 Å². The van der Waals surface area contributed by atoms with Gasteiger partial charge in [0.25, 0.3) is 11.4 Å². The number of hydrogen-bond acceptors (Lipinski definition) is 5. The van der Waals surface area contributed by atoms with Gasteiger partial charge in [-0.05, 0) is 29.2 Å². The Hall–Kier alpha value is -2.48. The normalized spacial score (nSPS) is 11.2. The molecule has 1 N–H and O–H groups in total. The smallest absolute Gasteiger partial charge is 0.299 e. The molecule has 0 saturated carbocycles. The first kappa shape index (κ1) is 17.9. The summed E-state index contributed by atoms with van der Waals surface area (Å²) >= 11 is 3.35. The molecule has 0 aromatic heterocycles. The van der Waals surface area contributed by atoms with Gasteiger partial charge in [-0.15, -0.1) is 0 Å². The molecule has 2 aromatic carbocycles. The first-order chi connectivity index (χ1) is 11.1. The summed E-state index contributed by atoms with van der Waals surface area (Å²) in [7, 11) is 0. The maximum absolute atomic E-state index is 11.5. The van der Waals surface area contributed by atoms with Crippen LogP contribution < -0.4 is 5.32 Å². The van der Waals surface area contributed by atoms with Crippen LogP contribution in [0.25, 0.3) is 0 Å². The van der Waals surface area contributed by atoms with E-state index < -0.39 is 15.3 Å². The van der Waals surface area contributed by atoms with E-state index in [0.717, 1.165) is 10.5 Å². The Morgan fingerprint density at radius 2 is 1.71 bits per heavy atom. The monoisotopic (exact) mass is 393 g/mol. The van der Waals surface area contributed by atoms with Crippen molar-refractivity contribution < 1.29 is 9.85 Å². The van der Waals surface area contributed by atoms with Crippen LogP contribution in [0.5, 0.6) is 0 Å². The number of nitrogens with one attached hydrogen (secondary N) is 1. The standard InChI is InChI=1S/C16H16BrN3O4/c1-16(2,3)13-8-12(19(21)22)9-14(20(23)24)15(13)18-11-6-4-5-10(17)7-11/h4-9,18H,1-3H3. The number of rotatable bonds is 4. The quantitative estimate of drug-likeness (QED) is 0.560. The molecule has 0 unspecified atom stereocenters. The van der Waals surface area contributed by atoms with E-state index in [-0.39, 0.29) is 17.1 Å². The van der Waals surface area contributed by atoms with Crippen LogP contribution in [0.2, 0.25) is 0 Å². The Morgan fingerprint density at radius 1 is 1.04 bits per heavy atom. The predicted octanol–water partition coefficient (Wildman–Crippen LogP) is 5.31. The highest BCUT2D eigenvalue weighted by atomic mass is 79.9. The van der Waals surface area contributed by atoms with Crippen molar-refractivity contribution in [1.82, 2.24) is 0 Å². The van der Waals surface area contributed by atoms with Crippen molar-refractivity contribution in [2.24, 2.45) is 0 Å². The zero-order valence-electron chi connectivity index (χ0n) is 13.4. The topological polar surface area (TPSA) is 98.3 Å². The van der Waals surface area contributed by atoms with Crippen molar-refractivity contribution >= 4 is 38.7 Å². The largest absolute Gasteiger partial charge is 0.350 e. The minimum absolute atomic E-state index is 0.260. The molecule has 2 rings (SSSR count). The lowest BCUT2D eigenvalue weighted by molar-refractivity contribution is -0.393. The minimum atomic E-state index is -0.620. The molecule has 0 heterocycles. The van der Waals surface area contributed by atoms with E-state index in [0.29, 0.717) is 11.3 Å². The Balaban J connectivity index is 2.71. The molecule has 7 nitrogen and oxygen atoms in total. The van der Waals surface area contributed by atoms with Gasteiger partial charge in [0.1, 0.15) is 5.69 Å². The van der Waals surface area contributed by atoms with Crippen LogP contribution in [-0.2, 0) is 5.41 Å². The Labute approximate surface area is 147 Å². The third-order valence-electron chi connectivity index (χ3n) is 3.41. The van der Waals surface area contributed by atoms with Crippen LogP contribution in [0.4, 0.5) is 22.7 Å². The van der Waals surface area contributed by atoms with E-state index in [2.05, 4.69) is 21.2 Å². The van der Waals surface area contributed by atoms with Gasteiger partial charge in [0, 0.05) is 16.2 Å². The first-order valence-corrected chi connectivity index (χ1v) is 7.89. The average molecular weight is 394 g/mol. The molecular formula is C16H16BrN3O4. The molecule has 0 fully saturated rings. The highest BCUT2D eigenvalue weighted by molar-refractivity contribution is 9.10. The van der Waals surface area contributed by atoms with Crippen molar-refractivity contribution in [3.63, 3.8) is 0 Å². The summed E-state index contributed by atoms with van der Waals surface area (Å²) in [6, 6.07) is 9.53. The molecule has 0 amide bonds. The van der Waals surface area contributed by atoms with Crippen LogP contribution in [0, 0.1) is 20.2 Å². The molecule has 0 atom stereocenters. The molecule has 8 heteroatoms. The molecule has 0 aliphatic carbocycles. The lowest BCUT2D eigenvalue weighted by Crippen LogP contribution is -2.15. The van der Waals surface area contributed by atoms with Gasteiger partial charge in [0.2, 0.25) is 0 Å². The summed E-state index contributed by atoms with van der Waals surface area (Å²) in [5.74, 6) is 0. The highest BCUT2D eigenvalue weighted by Crippen LogP contribution is 2.41. The summed E-state index contributed by atoms with van der Waals surface area (Å²) in [5, 5.41) is 25.6. The van der Waals surface area contributed by atoms with E-state index in [1.54, 1.807) is 18.2 Å². The number of hydrogen-bond donors (Lipinski definition) is 1. The van der Waals surface area contributed by atoms with Gasteiger partial charge in [-0.1, -0.05) is 42.8 Å². The second-order valence-corrected chi connectivity index (χ2v) is 7.20. The highest BCUT2D eigenvalue weighted by Gasteiger charge is 2.29. The van der Waals surface area contributed by atoms with Crippen LogP contribution in [-0.4, -0.2) is 9.85 Å². The van der Waals surface area contributed by atoms with Crippen LogP contribution in [0.15, 0.2) is 40.9 Å². The molecular weight excluding hydrogens is 378 g/mol. The second kappa shape index (κ2) is 6.56. The number of benzene rings is 2. The number of nitrogens with zero attached hydrogens (tertiary/aromatic N) is 2. The SMILES string of the molecule is CC(C)(C)c1cc([N+](=O)[O-])cc([N+](=O)[O-])c1Nc1cccc(Br)c1. The molecule has 0 aliphatic heterocycles. The summed E-state index contributed by atoms with van der Waals surface area (Å²) in [4.78, 5) is 21.4. The van der Waals surface area contributed by atoms with Gasteiger partial charge in [-0.25, -0.2) is 0 Å². The van der Waals surface area contributed by atoms with Crippen molar-refractivity contribution in [2.75, 3.05) is 5.32 Å². The average Bonchev–Trinajstić information content (AvgIpc) is 2.45. The van der Waals surface area contributed by atoms with E-state index in [1.165, 1.54) is 6.07 Å². The lowest BCUT2D eigenvalue weighted by Gasteiger charge is -2.23. The van der Waals surface area contributed by atoms with Gasteiger partial charge in [0.05, 0.1) is 15.9 Å². The van der Waals surface area contributed by atoms with Crippen molar-refractivity contribution in [3.8, 4) is 0 Å². The molecule has 0 spiro atoms. The lowest BCUT2D eigenvalue weighted by atomic mass is 9.84. The first-order valence-electron chi connectivity index (χ1n) is 7.09. The Kier molecular flexibility index (Phi) is 4.88. The summed E-state index contributed by atoms with van der Waals surface area (Å²) in [6.45, 7) is 5.55. The number of non-ortho nitro benzene ring substituents is 1. The second-order valence-electron chi connectivity index (χ2n) is 6.29. The molecule has 126 valence electrons. The van der Waals surface area contributed by atoms with Crippen LogP contribution in [0.1, 0.15) is 26.3 Å². The zero-order valence-corrected chi connectivity index (χ0v) is 15.0. The number of anilines is 2. The van der Waals surface area contributed by atoms with Gasteiger partial charge in [0.15, 0.2) is 0 Å². The minimum Gasteiger partial charge on any atom is -0.350 e. The fraction of sp³-hybridized carbons (Fsp3) is 0.250. The zero-order chi connectivity index (χ0) is 18.1. The van der Waals surface area contributed by atoms with Gasteiger partial charge in [-0.3, -0.25) is 20.2 Å². The van der Waals surface area contributed by atoms with E-state index in [1.807, 2.05) is 26.8 Å². The van der Waals surface area contributed by atoms with Crippen molar-refractivity contribution in [3.05, 3.63) is 66.7 Å². The molecule has 0 saturated heterocycles. The van der Waals surface area contributed by atoms with Gasteiger partial charge >= 0.3 is 0 Å². The van der Waals surface area contributed by atoms with E-state index in [9.17, 15) is 20.2 Å². The summed E-state index contributed by atoms with van der Waals surface area (Å²) in [6.07, 6.45) is 0. The third-order valence-corrected chi connectivity index (χ3v) is 3.91. The van der Waals surface area contributed by atoms with E-state index >= 15 is 0 Å². The molecule has 0 aliphatic rings. The fourth-order valence-corrected chi connectivity index (χ4v) is 2.69. The number of halogens is 1. The number of nitro groups is 2. The maximum atomic E-state index is 11.5. The Bertz CT molecular complexity index is 815. The van der Waals surface area contributed by atoms with Crippen molar-refractivity contribution in [1.29, 1.82) is 0 Å². The van der Waals surface area contributed by atoms with E-state index in [4.69, 9.17) is 0 Å².